The standard InChI is InChI=1S/C15H18N4O2/c1-3-8-16-10-12-9-11(2)17-15(18-12)13-6-4-5-7-14(13)19(20)21/h4-7,9,16H,3,8,10H2,1-2H3. The van der Waals surface area contributed by atoms with Crippen molar-refractivity contribution in [3.05, 3.63) is 51.8 Å². The van der Waals surface area contributed by atoms with Crippen molar-refractivity contribution in [2.75, 3.05) is 6.54 Å². The van der Waals surface area contributed by atoms with Crippen molar-refractivity contribution >= 4 is 5.69 Å². The summed E-state index contributed by atoms with van der Waals surface area (Å²) in [7, 11) is 0. The largest absolute Gasteiger partial charge is 0.311 e. The molecule has 0 aliphatic carbocycles. The molecule has 0 bridgehead atoms. The SMILES string of the molecule is CCCNCc1cc(C)nc(-c2ccccc2[N+](=O)[O-])n1. The highest BCUT2D eigenvalue weighted by Crippen LogP contribution is 2.27. The Morgan fingerprint density at radius 3 is 2.76 bits per heavy atom. The molecule has 1 heterocycles. The van der Waals surface area contributed by atoms with E-state index < -0.39 is 4.92 Å². The van der Waals surface area contributed by atoms with Gasteiger partial charge in [-0.3, -0.25) is 10.1 Å². The van der Waals surface area contributed by atoms with Crippen LogP contribution in [0.2, 0.25) is 0 Å². The van der Waals surface area contributed by atoms with E-state index in [4.69, 9.17) is 0 Å². The van der Waals surface area contributed by atoms with E-state index in [-0.39, 0.29) is 5.69 Å². The smallest absolute Gasteiger partial charge is 0.280 e. The molecule has 0 fully saturated rings. The summed E-state index contributed by atoms with van der Waals surface area (Å²) in [5, 5.41) is 14.4. The van der Waals surface area contributed by atoms with E-state index in [2.05, 4.69) is 22.2 Å². The van der Waals surface area contributed by atoms with Crippen molar-refractivity contribution in [2.45, 2.75) is 26.8 Å². The Labute approximate surface area is 123 Å². The molecule has 0 saturated heterocycles. The van der Waals surface area contributed by atoms with Crippen LogP contribution in [0, 0.1) is 17.0 Å². The lowest BCUT2D eigenvalue weighted by Gasteiger charge is -2.07. The minimum absolute atomic E-state index is 0.0237. The van der Waals surface area contributed by atoms with Gasteiger partial charge in [-0.1, -0.05) is 19.1 Å². The molecule has 1 aromatic heterocycles. The van der Waals surface area contributed by atoms with Crippen molar-refractivity contribution in [2.24, 2.45) is 0 Å². The van der Waals surface area contributed by atoms with Crippen molar-refractivity contribution in [3.8, 4) is 11.4 Å². The van der Waals surface area contributed by atoms with Gasteiger partial charge in [0.2, 0.25) is 0 Å². The number of rotatable bonds is 6. The molecule has 0 aliphatic heterocycles. The predicted molar refractivity (Wildman–Crippen MR) is 80.9 cm³/mol. The van der Waals surface area contributed by atoms with E-state index in [1.807, 2.05) is 13.0 Å². The molecular weight excluding hydrogens is 268 g/mol. The molecular formula is C15H18N4O2. The summed E-state index contributed by atoms with van der Waals surface area (Å²) in [5.74, 6) is 0.399. The number of nitrogens with one attached hydrogen (secondary N) is 1. The average Bonchev–Trinajstić information content (AvgIpc) is 2.47. The highest BCUT2D eigenvalue weighted by Gasteiger charge is 2.17. The first-order valence-corrected chi connectivity index (χ1v) is 6.91. The van der Waals surface area contributed by atoms with Gasteiger partial charge in [-0.2, -0.15) is 0 Å². The van der Waals surface area contributed by atoms with Gasteiger partial charge in [0.1, 0.15) is 0 Å². The highest BCUT2D eigenvalue weighted by molar-refractivity contribution is 5.67. The molecule has 0 spiro atoms. The Kier molecular flexibility index (Phi) is 4.94. The molecule has 1 N–H and O–H groups in total. The summed E-state index contributed by atoms with van der Waals surface area (Å²) in [4.78, 5) is 19.5. The maximum absolute atomic E-state index is 11.1. The molecule has 0 amide bonds. The minimum atomic E-state index is -0.407. The van der Waals surface area contributed by atoms with Crippen LogP contribution in [-0.2, 0) is 6.54 Å². The third-order valence-electron chi connectivity index (χ3n) is 2.98. The number of aromatic nitrogens is 2. The van der Waals surface area contributed by atoms with Crippen LogP contribution in [0.15, 0.2) is 30.3 Å². The number of nitro groups is 1. The van der Waals surface area contributed by atoms with Gasteiger partial charge in [-0.15, -0.1) is 0 Å². The fourth-order valence-corrected chi connectivity index (χ4v) is 2.06. The van der Waals surface area contributed by atoms with Gasteiger partial charge < -0.3 is 5.32 Å². The maximum Gasteiger partial charge on any atom is 0.280 e. The number of nitrogens with zero attached hydrogens (tertiary/aromatic N) is 3. The van der Waals surface area contributed by atoms with Gasteiger partial charge in [0.25, 0.3) is 5.69 Å². The van der Waals surface area contributed by atoms with Gasteiger partial charge in [0.05, 0.1) is 16.2 Å². The molecule has 0 atom stereocenters. The van der Waals surface area contributed by atoms with Gasteiger partial charge in [-0.05, 0) is 32.0 Å². The number of hydrogen-bond acceptors (Lipinski definition) is 5. The summed E-state index contributed by atoms with van der Waals surface area (Å²) in [6.45, 7) is 5.49. The lowest BCUT2D eigenvalue weighted by Crippen LogP contribution is -2.15. The zero-order valence-electron chi connectivity index (χ0n) is 12.2. The number of aryl methyl sites for hydroxylation is 1. The molecule has 1 aromatic carbocycles. The third kappa shape index (κ3) is 3.82. The Bertz CT molecular complexity index is 643. The van der Waals surface area contributed by atoms with Crippen LogP contribution in [0.1, 0.15) is 24.7 Å². The fourth-order valence-electron chi connectivity index (χ4n) is 2.06. The van der Waals surface area contributed by atoms with Crippen LogP contribution >= 0.6 is 0 Å². The quantitative estimate of drug-likeness (QED) is 0.501. The second-order valence-corrected chi connectivity index (χ2v) is 4.78. The summed E-state index contributed by atoms with van der Waals surface area (Å²) >= 11 is 0. The van der Waals surface area contributed by atoms with Gasteiger partial charge in [0, 0.05) is 18.3 Å². The Hall–Kier alpha value is -2.34. The number of nitro benzene ring substituents is 1. The monoisotopic (exact) mass is 286 g/mol. The topological polar surface area (TPSA) is 81.0 Å². The van der Waals surface area contributed by atoms with E-state index in [1.54, 1.807) is 18.2 Å². The lowest BCUT2D eigenvalue weighted by molar-refractivity contribution is -0.384. The average molecular weight is 286 g/mol. The Morgan fingerprint density at radius 1 is 1.29 bits per heavy atom. The van der Waals surface area contributed by atoms with Crippen LogP contribution < -0.4 is 5.32 Å². The molecule has 21 heavy (non-hydrogen) atoms. The molecule has 110 valence electrons. The lowest BCUT2D eigenvalue weighted by atomic mass is 10.1. The van der Waals surface area contributed by atoms with Crippen LogP contribution in [0.3, 0.4) is 0 Å². The number of para-hydroxylation sites is 1. The number of hydrogen-bond donors (Lipinski definition) is 1. The van der Waals surface area contributed by atoms with Crippen molar-refractivity contribution in [1.29, 1.82) is 0 Å². The van der Waals surface area contributed by atoms with E-state index in [9.17, 15) is 10.1 Å². The van der Waals surface area contributed by atoms with Gasteiger partial charge in [0.15, 0.2) is 5.82 Å². The predicted octanol–water partition coefficient (Wildman–Crippen LogP) is 2.86. The summed E-state index contributed by atoms with van der Waals surface area (Å²) in [6.07, 6.45) is 1.04. The summed E-state index contributed by atoms with van der Waals surface area (Å²) < 4.78 is 0. The van der Waals surface area contributed by atoms with Crippen LogP contribution in [0.5, 0.6) is 0 Å². The van der Waals surface area contributed by atoms with E-state index in [1.165, 1.54) is 6.07 Å². The number of benzene rings is 1. The Morgan fingerprint density at radius 2 is 2.05 bits per heavy atom. The van der Waals surface area contributed by atoms with Crippen LogP contribution in [-0.4, -0.2) is 21.4 Å². The molecule has 6 heteroatoms. The van der Waals surface area contributed by atoms with Crippen molar-refractivity contribution < 1.29 is 4.92 Å². The van der Waals surface area contributed by atoms with E-state index in [0.717, 1.165) is 24.4 Å². The molecule has 6 nitrogen and oxygen atoms in total. The zero-order valence-corrected chi connectivity index (χ0v) is 12.2. The molecule has 2 rings (SSSR count). The molecule has 0 radical (unpaired) electrons. The van der Waals surface area contributed by atoms with E-state index >= 15 is 0 Å². The zero-order chi connectivity index (χ0) is 15.2. The minimum Gasteiger partial charge on any atom is -0.311 e. The second kappa shape index (κ2) is 6.90. The molecule has 2 aromatic rings. The fraction of sp³-hybridized carbons (Fsp3) is 0.333. The first-order valence-electron chi connectivity index (χ1n) is 6.91. The second-order valence-electron chi connectivity index (χ2n) is 4.78. The summed E-state index contributed by atoms with van der Waals surface area (Å²) in [6, 6.07) is 8.43. The first kappa shape index (κ1) is 15.1. The Balaban J connectivity index is 2.38. The first-order chi connectivity index (χ1) is 10.1. The maximum atomic E-state index is 11.1. The highest BCUT2D eigenvalue weighted by atomic mass is 16.6. The van der Waals surface area contributed by atoms with Crippen LogP contribution in [0.25, 0.3) is 11.4 Å². The third-order valence-corrected chi connectivity index (χ3v) is 2.98. The van der Waals surface area contributed by atoms with Gasteiger partial charge >= 0.3 is 0 Å². The van der Waals surface area contributed by atoms with E-state index in [0.29, 0.717) is 17.9 Å². The normalized spacial score (nSPS) is 10.6. The molecule has 0 saturated carbocycles. The molecule has 0 unspecified atom stereocenters. The molecule has 0 aliphatic rings. The van der Waals surface area contributed by atoms with Crippen molar-refractivity contribution in [3.63, 3.8) is 0 Å². The van der Waals surface area contributed by atoms with Crippen LogP contribution in [0.4, 0.5) is 5.69 Å². The van der Waals surface area contributed by atoms with Gasteiger partial charge in [-0.25, -0.2) is 9.97 Å². The van der Waals surface area contributed by atoms with Crippen molar-refractivity contribution in [1.82, 2.24) is 15.3 Å². The summed E-state index contributed by atoms with van der Waals surface area (Å²) in [5.41, 5.74) is 2.11.